The maximum atomic E-state index is 12.8. The van der Waals surface area contributed by atoms with E-state index in [1.807, 2.05) is 36.2 Å². The average molecular weight is 325 g/mol. The largest absolute Gasteiger partial charge is 0.497 e. The van der Waals surface area contributed by atoms with Crippen LogP contribution in [-0.4, -0.2) is 32.1 Å². The summed E-state index contributed by atoms with van der Waals surface area (Å²) in [5.41, 5.74) is 3.46. The quantitative estimate of drug-likeness (QED) is 0.846. The number of carbonyl (C=O) groups is 1. The third kappa shape index (κ3) is 3.09. The highest BCUT2D eigenvalue weighted by Crippen LogP contribution is 2.35. The van der Waals surface area contributed by atoms with Gasteiger partial charge in [-0.2, -0.15) is 0 Å². The van der Waals surface area contributed by atoms with Gasteiger partial charge < -0.3 is 14.4 Å². The van der Waals surface area contributed by atoms with E-state index in [9.17, 15) is 4.79 Å². The van der Waals surface area contributed by atoms with Crippen LogP contribution in [0.5, 0.6) is 11.5 Å². The van der Waals surface area contributed by atoms with Crippen molar-refractivity contribution in [3.05, 3.63) is 59.2 Å². The first-order valence-electron chi connectivity index (χ1n) is 8.18. The van der Waals surface area contributed by atoms with Gasteiger partial charge in [-0.15, -0.1) is 0 Å². The lowest BCUT2D eigenvalue weighted by Gasteiger charge is -2.26. The minimum Gasteiger partial charge on any atom is -0.497 e. The van der Waals surface area contributed by atoms with Crippen molar-refractivity contribution >= 4 is 5.91 Å². The summed E-state index contributed by atoms with van der Waals surface area (Å²) in [6.07, 6.45) is 2.31. The van der Waals surface area contributed by atoms with E-state index in [-0.39, 0.29) is 11.9 Å². The predicted octanol–water partition coefficient (Wildman–Crippen LogP) is 3.39. The van der Waals surface area contributed by atoms with E-state index in [1.165, 1.54) is 11.1 Å². The van der Waals surface area contributed by atoms with Gasteiger partial charge in [0.15, 0.2) is 0 Å². The number of hydrogen-bond donors (Lipinski definition) is 0. The summed E-state index contributed by atoms with van der Waals surface area (Å²) in [4.78, 5) is 14.7. The Morgan fingerprint density at radius 1 is 1.17 bits per heavy atom. The zero-order valence-corrected chi connectivity index (χ0v) is 14.4. The molecule has 2 aromatic carbocycles. The number of nitrogens with zero attached hydrogens (tertiary/aromatic N) is 1. The van der Waals surface area contributed by atoms with Crippen LogP contribution in [0.1, 0.15) is 29.2 Å². The summed E-state index contributed by atoms with van der Waals surface area (Å²) in [7, 11) is 5.13. The fraction of sp³-hybridized carbons (Fsp3) is 0.350. The number of aryl methyl sites for hydroxylation is 1. The number of hydrogen-bond acceptors (Lipinski definition) is 3. The molecule has 1 amide bonds. The van der Waals surface area contributed by atoms with Gasteiger partial charge in [-0.1, -0.05) is 24.3 Å². The Hall–Kier alpha value is -2.49. The zero-order valence-electron chi connectivity index (χ0n) is 14.4. The van der Waals surface area contributed by atoms with Gasteiger partial charge in [0.1, 0.15) is 11.5 Å². The Bertz CT molecular complexity index is 741. The highest BCUT2D eigenvalue weighted by atomic mass is 16.5. The molecule has 1 aliphatic carbocycles. The smallest absolute Gasteiger partial charge is 0.227 e. The van der Waals surface area contributed by atoms with Gasteiger partial charge in [0.25, 0.3) is 0 Å². The molecule has 24 heavy (non-hydrogen) atoms. The van der Waals surface area contributed by atoms with E-state index in [0.29, 0.717) is 12.2 Å². The standard InChI is InChI=1S/C20H23NO3/c1-21(18-10-8-14-6-4-5-7-17(14)18)20(22)13-15-12-16(23-2)9-11-19(15)24-3/h4-7,9,11-12,18H,8,10,13H2,1-3H3. The minimum atomic E-state index is 0.0863. The van der Waals surface area contributed by atoms with Gasteiger partial charge in [-0.25, -0.2) is 0 Å². The lowest BCUT2D eigenvalue weighted by Crippen LogP contribution is -2.31. The molecule has 0 spiro atoms. The summed E-state index contributed by atoms with van der Waals surface area (Å²) in [6, 6.07) is 14.1. The first-order chi connectivity index (χ1) is 11.6. The van der Waals surface area contributed by atoms with Gasteiger partial charge >= 0.3 is 0 Å². The molecule has 0 saturated heterocycles. The molecule has 3 rings (SSSR count). The summed E-state index contributed by atoms with van der Waals surface area (Å²) < 4.78 is 10.6. The van der Waals surface area contributed by atoms with Gasteiger partial charge in [0, 0.05) is 12.6 Å². The number of likely N-dealkylation sites (N-methyl/N-ethyl adjacent to an activating group) is 1. The number of ether oxygens (including phenoxy) is 2. The minimum absolute atomic E-state index is 0.0863. The van der Waals surface area contributed by atoms with E-state index in [1.54, 1.807) is 14.2 Å². The molecule has 0 bridgehead atoms. The predicted molar refractivity (Wildman–Crippen MR) is 93.5 cm³/mol. The highest BCUT2D eigenvalue weighted by molar-refractivity contribution is 5.80. The molecule has 0 radical (unpaired) electrons. The van der Waals surface area contributed by atoms with Crippen molar-refractivity contribution in [1.29, 1.82) is 0 Å². The van der Waals surface area contributed by atoms with Crippen molar-refractivity contribution in [2.75, 3.05) is 21.3 Å². The molecule has 2 aromatic rings. The molecule has 1 atom stereocenters. The first-order valence-corrected chi connectivity index (χ1v) is 8.18. The number of fused-ring (bicyclic) bond motifs is 1. The van der Waals surface area contributed by atoms with Crippen LogP contribution in [0.3, 0.4) is 0 Å². The lowest BCUT2D eigenvalue weighted by atomic mass is 10.1. The lowest BCUT2D eigenvalue weighted by molar-refractivity contribution is -0.131. The van der Waals surface area contributed by atoms with Gasteiger partial charge in [0.05, 0.1) is 26.7 Å². The molecule has 1 unspecified atom stereocenters. The third-order valence-electron chi connectivity index (χ3n) is 4.79. The van der Waals surface area contributed by atoms with E-state index in [4.69, 9.17) is 9.47 Å². The van der Waals surface area contributed by atoms with E-state index in [2.05, 4.69) is 18.2 Å². The molecule has 0 aromatic heterocycles. The second-order valence-electron chi connectivity index (χ2n) is 6.11. The van der Waals surface area contributed by atoms with Crippen molar-refractivity contribution in [1.82, 2.24) is 4.90 Å². The molecule has 0 saturated carbocycles. The second-order valence-corrected chi connectivity index (χ2v) is 6.11. The van der Waals surface area contributed by atoms with Crippen LogP contribution in [0.25, 0.3) is 0 Å². The van der Waals surface area contributed by atoms with Gasteiger partial charge in [0.2, 0.25) is 5.91 Å². The zero-order chi connectivity index (χ0) is 17.1. The second kappa shape index (κ2) is 6.95. The maximum Gasteiger partial charge on any atom is 0.227 e. The van der Waals surface area contributed by atoms with Crippen LogP contribution < -0.4 is 9.47 Å². The average Bonchev–Trinajstić information content (AvgIpc) is 3.05. The van der Waals surface area contributed by atoms with Crippen molar-refractivity contribution in [3.63, 3.8) is 0 Å². The van der Waals surface area contributed by atoms with Crippen molar-refractivity contribution in [3.8, 4) is 11.5 Å². The van der Waals surface area contributed by atoms with Crippen molar-refractivity contribution < 1.29 is 14.3 Å². The summed E-state index contributed by atoms with van der Waals surface area (Å²) in [5.74, 6) is 1.53. The Kier molecular flexibility index (Phi) is 4.74. The molecule has 1 aliphatic rings. The number of benzene rings is 2. The number of carbonyl (C=O) groups excluding carboxylic acids is 1. The maximum absolute atomic E-state index is 12.8. The van der Waals surface area contributed by atoms with Crippen LogP contribution in [0.4, 0.5) is 0 Å². The fourth-order valence-corrected chi connectivity index (χ4v) is 3.42. The SMILES string of the molecule is COc1ccc(OC)c(CC(=O)N(C)C2CCc3ccccc32)c1. The fourth-order valence-electron chi connectivity index (χ4n) is 3.42. The third-order valence-corrected chi connectivity index (χ3v) is 4.79. The van der Waals surface area contributed by atoms with E-state index < -0.39 is 0 Å². The molecule has 4 heteroatoms. The van der Waals surface area contributed by atoms with E-state index in [0.717, 1.165) is 24.2 Å². The molecule has 0 N–H and O–H groups in total. The van der Waals surface area contributed by atoms with Gasteiger partial charge in [-0.05, 0) is 42.2 Å². The first kappa shape index (κ1) is 16.4. The summed E-state index contributed by atoms with van der Waals surface area (Å²) in [5, 5.41) is 0. The Balaban J connectivity index is 1.78. The summed E-state index contributed by atoms with van der Waals surface area (Å²) in [6.45, 7) is 0. The Morgan fingerprint density at radius 3 is 2.71 bits per heavy atom. The van der Waals surface area contributed by atoms with Crippen LogP contribution in [0.2, 0.25) is 0 Å². The molecular formula is C20H23NO3. The number of amides is 1. The molecule has 126 valence electrons. The normalized spacial score (nSPS) is 15.7. The van der Waals surface area contributed by atoms with Crippen molar-refractivity contribution in [2.24, 2.45) is 0 Å². The van der Waals surface area contributed by atoms with Crippen molar-refractivity contribution in [2.45, 2.75) is 25.3 Å². The van der Waals surface area contributed by atoms with Crippen LogP contribution >= 0.6 is 0 Å². The highest BCUT2D eigenvalue weighted by Gasteiger charge is 2.28. The van der Waals surface area contributed by atoms with E-state index >= 15 is 0 Å². The van der Waals surface area contributed by atoms with Crippen LogP contribution in [0.15, 0.2) is 42.5 Å². The molecule has 0 aliphatic heterocycles. The summed E-state index contributed by atoms with van der Waals surface area (Å²) >= 11 is 0. The monoisotopic (exact) mass is 325 g/mol. The topological polar surface area (TPSA) is 38.8 Å². The molecule has 0 heterocycles. The number of rotatable bonds is 5. The molecule has 0 fully saturated rings. The van der Waals surface area contributed by atoms with Crippen LogP contribution in [0, 0.1) is 0 Å². The molecule has 4 nitrogen and oxygen atoms in total. The Morgan fingerprint density at radius 2 is 1.96 bits per heavy atom. The Labute approximate surface area is 143 Å². The number of methoxy groups -OCH3 is 2. The van der Waals surface area contributed by atoms with Crippen LogP contribution in [-0.2, 0) is 17.6 Å². The van der Waals surface area contributed by atoms with Gasteiger partial charge in [-0.3, -0.25) is 4.79 Å². The molecular weight excluding hydrogens is 302 g/mol.